The molecule has 2 aliphatic heterocycles. The summed E-state index contributed by atoms with van der Waals surface area (Å²) < 4.78 is 11.3. The highest BCUT2D eigenvalue weighted by Gasteiger charge is 2.42. The van der Waals surface area contributed by atoms with Crippen molar-refractivity contribution in [2.75, 3.05) is 45.9 Å². The molecule has 0 aromatic heterocycles. The van der Waals surface area contributed by atoms with Crippen molar-refractivity contribution in [2.45, 2.75) is 32.8 Å². The number of benzene rings is 1. The van der Waals surface area contributed by atoms with E-state index in [4.69, 9.17) is 15.2 Å². The summed E-state index contributed by atoms with van der Waals surface area (Å²) in [5, 5.41) is 0. The summed E-state index contributed by atoms with van der Waals surface area (Å²) in [4.78, 5) is 29.5. The summed E-state index contributed by atoms with van der Waals surface area (Å²) in [7, 11) is 0. The summed E-state index contributed by atoms with van der Waals surface area (Å²) in [6.07, 6.45) is 0.778. The maximum atomic E-state index is 13.1. The van der Waals surface area contributed by atoms with Gasteiger partial charge in [-0.25, -0.2) is 0 Å². The Morgan fingerprint density at radius 3 is 2.31 bits per heavy atom. The summed E-state index contributed by atoms with van der Waals surface area (Å²) in [6.45, 7) is 7.33. The number of nitrogens with two attached hydrogens (primary N) is 1. The summed E-state index contributed by atoms with van der Waals surface area (Å²) in [5.74, 6) is 0.783. The van der Waals surface area contributed by atoms with Crippen LogP contribution in [0.2, 0.25) is 0 Å². The van der Waals surface area contributed by atoms with E-state index in [2.05, 4.69) is 0 Å². The molecule has 2 fully saturated rings. The van der Waals surface area contributed by atoms with E-state index >= 15 is 0 Å². The topological polar surface area (TPSA) is 85.1 Å². The molecule has 7 nitrogen and oxygen atoms in total. The first-order chi connectivity index (χ1) is 13.5. The normalized spacial score (nSPS) is 19.8. The Hall–Kier alpha value is -1.83. The lowest BCUT2D eigenvalue weighted by Crippen LogP contribution is -2.58. The lowest BCUT2D eigenvalue weighted by Gasteiger charge is -2.42. The molecule has 2 heterocycles. The van der Waals surface area contributed by atoms with E-state index in [1.165, 1.54) is 0 Å². The van der Waals surface area contributed by atoms with Crippen LogP contribution in [0.15, 0.2) is 24.3 Å². The first-order valence-corrected chi connectivity index (χ1v) is 10.0. The minimum absolute atomic E-state index is 0. The van der Waals surface area contributed by atoms with Gasteiger partial charge in [-0.2, -0.15) is 0 Å². The van der Waals surface area contributed by atoms with Gasteiger partial charge in [0.15, 0.2) is 6.10 Å². The third-order valence-corrected chi connectivity index (χ3v) is 5.92. The number of piperazine rings is 1. The van der Waals surface area contributed by atoms with Crippen molar-refractivity contribution < 1.29 is 19.1 Å². The molecule has 0 radical (unpaired) electrons. The Morgan fingerprint density at radius 2 is 1.72 bits per heavy atom. The van der Waals surface area contributed by atoms with Crippen LogP contribution in [0.5, 0.6) is 5.75 Å². The van der Waals surface area contributed by atoms with Gasteiger partial charge in [0.1, 0.15) is 5.75 Å². The molecule has 2 aliphatic rings. The van der Waals surface area contributed by atoms with Gasteiger partial charge in [0.25, 0.3) is 5.91 Å². The van der Waals surface area contributed by atoms with Crippen LogP contribution >= 0.6 is 12.4 Å². The molecule has 0 saturated carbocycles. The highest BCUT2D eigenvalue weighted by atomic mass is 35.5. The van der Waals surface area contributed by atoms with Gasteiger partial charge < -0.3 is 25.0 Å². The number of carbonyl (C=O) groups is 2. The van der Waals surface area contributed by atoms with Crippen LogP contribution in [-0.4, -0.2) is 73.7 Å². The Bertz CT molecular complexity index is 701. The van der Waals surface area contributed by atoms with Gasteiger partial charge in [-0.15, -0.1) is 12.4 Å². The van der Waals surface area contributed by atoms with Crippen molar-refractivity contribution in [1.29, 1.82) is 0 Å². The van der Waals surface area contributed by atoms with Crippen LogP contribution in [0.25, 0.3) is 0 Å². The SMILES string of the molecule is Cc1ccccc1OC(C)C(=O)N1CCN(C(=O)C2(CN)CCOCC2)CC1.Cl. The van der Waals surface area contributed by atoms with Gasteiger partial charge >= 0.3 is 0 Å². The third-order valence-electron chi connectivity index (χ3n) is 5.92. The minimum Gasteiger partial charge on any atom is -0.481 e. The zero-order valence-electron chi connectivity index (χ0n) is 17.3. The second kappa shape index (κ2) is 10.3. The molecule has 0 spiro atoms. The molecular formula is C21H32ClN3O4. The van der Waals surface area contributed by atoms with Gasteiger partial charge in [-0.1, -0.05) is 18.2 Å². The number of rotatable bonds is 5. The summed E-state index contributed by atoms with van der Waals surface area (Å²) in [6, 6.07) is 7.67. The molecule has 29 heavy (non-hydrogen) atoms. The minimum atomic E-state index is -0.561. The number of amides is 2. The molecule has 1 atom stereocenters. The molecule has 3 rings (SSSR count). The molecule has 0 bridgehead atoms. The molecule has 1 aromatic carbocycles. The number of halogens is 1. The Balaban J connectivity index is 0.00000300. The van der Waals surface area contributed by atoms with Crippen molar-refractivity contribution >= 4 is 24.2 Å². The van der Waals surface area contributed by atoms with Gasteiger partial charge in [0.2, 0.25) is 5.91 Å². The highest BCUT2D eigenvalue weighted by molar-refractivity contribution is 5.85. The average Bonchev–Trinajstić information content (AvgIpc) is 2.75. The van der Waals surface area contributed by atoms with E-state index in [9.17, 15) is 9.59 Å². The molecule has 162 valence electrons. The predicted molar refractivity (Wildman–Crippen MR) is 113 cm³/mol. The quantitative estimate of drug-likeness (QED) is 0.774. The number of hydrogen-bond acceptors (Lipinski definition) is 5. The Labute approximate surface area is 178 Å². The zero-order valence-corrected chi connectivity index (χ0v) is 18.1. The monoisotopic (exact) mass is 425 g/mol. The van der Waals surface area contributed by atoms with E-state index in [1.54, 1.807) is 11.8 Å². The molecule has 2 saturated heterocycles. The zero-order chi connectivity index (χ0) is 20.1. The third kappa shape index (κ3) is 5.21. The first-order valence-electron chi connectivity index (χ1n) is 10.0. The molecule has 2 N–H and O–H groups in total. The van der Waals surface area contributed by atoms with Crippen molar-refractivity contribution in [2.24, 2.45) is 11.1 Å². The van der Waals surface area contributed by atoms with E-state index in [0.717, 1.165) is 11.3 Å². The van der Waals surface area contributed by atoms with Gasteiger partial charge in [-0.3, -0.25) is 9.59 Å². The standard InChI is InChI=1S/C21H31N3O4.ClH/c1-16-5-3-4-6-18(16)28-17(2)19(25)23-9-11-24(12-10-23)20(26)21(15-22)7-13-27-14-8-21;/h3-6,17H,7-15,22H2,1-2H3;1H. The predicted octanol–water partition coefficient (Wildman–Crippen LogP) is 1.61. The van der Waals surface area contributed by atoms with Crippen LogP contribution in [0.3, 0.4) is 0 Å². The number of para-hydroxylation sites is 1. The fraction of sp³-hybridized carbons (Fsp3) is 0.619. The second-order valence-corrected chi connectivity index (χ2v) is 7.74. The van der Waals surface area contributed by atoms with E-state index in [0.29, 0.717) is 58.8 Å². The molecular weight excluding hydrogens is 394 g/mol. The number of ether oxygens (including phenoxy) is 2. The van der Waals surface area contributed by atoms with E-state index < -0.39 is 11.5 Å². The van der Waals surface area contributed by atoms with Gasteiger partial charge in [-0.05, 0) is 38.3 Å². The van der Waals surface area contributed by atoms with Crippen molar-refractivity contribution in [3.63, 3.8) is 0 Å². The largest absolute Gasteiger partial charge is 0.481 e. The fourth-order valence-corrected chi connectivity index (χ4v) is 3.92. The summed E-state index contributed by atoms with van der Waals surface area (Å²) in [5.41, 5.74) is 6.46. The number of nitrogens with zero attached hydrogens (tertiary/aromatic N) is 2. The molecule has 1 aromatic rings. The van der Waals surface area contributed by atoms with Gasteiger partial charge in [0.05, 0.1) is 5.41 Å². The number of hydrogen-bond donors (Lipinski definition) is 1. The summed E-state index contributed by atoms with van der Waals surface area (Å²) >= 11 is 0. The maximum Gasteiger partial charge on any atom is 0.263 e. The van der Waals surface area contributed by atoms with Crippen molar-refractivity contribution in [1.82, 2.24) is 9.80 Å². The van der Waals surface area contributed by atoms with E-state index in [1.807, 2.05) is 36.1 Å². The molecule has 2 amide bonds. The fourth-order valence-electron chi connectivity index (χ4n) is 3.92. The first kappa shape index (κ1) is 23.4. The Kier molecular flexibility index (Phi) is 8.31. The molecule has 1 unspecified atom stereocenters. The maximum absolute atomic E-state index is 13.1. The van der Waals surface area contributed by atoms with E-state index in [-0.39, 0.29) is 24.2 Å². The number of carbonyl (C=O) groups excluding carboxylic acids is 2. The lowest BCUT2D eigenvalue weighted by atomic mass is 9.78. The lowest BCUT2D eigenvalue weighted by molar-refractivity contribution is -0.152. The van der Waals surface area contributed by atoms with Crippen LogP contribution in [0.4, 0.5) is 0 Å². The number of aryl methyl sites for hydroxylation is 1. The second-order valence-electron chi connectivity index (χ2n) is 7.74. The van der Waals surface area contributed by atoms with Crippen molar-refractivity contribution in [3.8, 4) is 5.75 Å². The molecule has 0 aliphatic carbocycles. The van der Waals surface area contributed by atoms with Crippen LogP contribution in [-0.2, 0) is 14.3 Å². The molecule has 8 heteroatoms. The van der Waals surface area contributed by atoms with Gasteiger partial charge in [0, 0.05) is 45.9 Å². The smallest absolute Gasteiger partial charge is 0.263 e. The van der Waals surface area contributed by atoms with Crippen LogP contribution in [0, 0.1) is 12.3 Å². The van der Waals surface area contributed by atoms with Crippen LogP contribution in [0.1, 0.15) is 25.3 Å². The Morgan fingerprint density at radius 1 is 1.14 bits per heavy atom. The van der Waals surface area contributed by atoms with Crippen molar-refractivity contribution in [3.05, 3.63) is 29.8 Å². The average molecular weight is 426 g/mol. The van der Waals surface area contributed by atoms with Crippen LogP contribution < -0.4 is 10.5 Å². The highest BCUT2D eigenvalue weighted by Crippen LogP contribution is 2.32.